The van der Waals surface area contributed by atoms with Crippen molar-refractivity contribution in [2.45, 2.75) is 45.1 Å². The lowest BCUT2D eigenvalue weighted by molar-refractivity contribution is 0.0825. The molecule has 1 saturated heterocycles. The Morgan fingerprint density at radius 2 is 2.21 bits per heavy atom. The summed E-state index contributed by atoms with van der Waals surface area (Å²) < 4.78 is 5.10. The highest BCUT2D eigenvalue weighted by Gasteiger charge is 2.16. The fourth-order valence-corrected chi connectivity index (χ4v) is 2.29. The van der Waals surface area contributed by atoms with Gasteiger partial charge in [-0.3, -0.25) is 0 Å². The predicted molar refractivity (Wildman–Crippen MR) is 73.1 cm³/mol. The van der Waals surface area contributed by atoms with E-state index in [0.717, 1.165) is 58.3 Å². The first-order valence-electron chi connectivity index (χ1n) is 7.25. The number of hydrogen-bond donors (Lipinski definition) is 2. The van der Waals surface area contributed by atoms with Crippen molar-refractivity contribution in [1.29, 1.82) is 0 Å². The van der Waals surface area contributed by atoms with Gasteiger partial charge in [0.15, 0.2) is 0 Å². The molecule has 0 spiro atoms. The molecule has 108 valence electrons. The summed E-state index contributed by atoms with van der Waals surface area (Å²) in [6.45, 7) is 6.00. The van der Waals surface area contributed by atoms with Crippen LogP contribution < -0.4 is 5.32 Å². The van der Waals surface area contributed by atoms with Crippen molar-refractivity contribution in [2.24, 2.45) is 0 Å². The number of aryl methyl sites for hydroxylation is 1. The van der Waals surface area contributed by atoms with Crippen molar-refractivity contribution in [3.05, 3.63) is 5.89 Å². The number of aliphatic hydroxyl groups excluding tert-OH is 1. The van der Waals surface area contributed by atoms with Crippen molar-refractivity contribution >= 4 is 5.95 Å². The quantitative estimate of drug-likeness (QED) is 0.726. The molecule has 2 rings (SSSR count). The molecule has 6 heteroatoms. The Hall–Kier alpha value is -1.14. The minimum atomic E-state index is -0.0920. The molecule has 1 aliphatic heterocycles. The highest BCUT2D eigenvalue weighted by molar-refractivity contribution is 5.20. The van der Waals surface area contributed by atoms with E-state index < -0.39 is 0 Å². The van der Waals surface area contributed by atoms with E-state index in [4.69, 9.17) is 4.52 Å². The van der Waals surface area contributed by atoms with Crippen molar-refractivity contribution in [3.8, 4) is 0 Å². The first-order chi connectivity index (χ1) is 9.28. The van der Waals surface area contributed by atoms with E-state index in [1.165, 1.54) is 0 Å². The van der Waals surface area contributed by atoms with Crippen molar-refractivity contribution in [1.82, 2.24) is 15.0 Å². The van der Waals surface area contributed by atoms with E-state index in [2.05, 4.69) is 27.3 Å². The van der Waals surface area contributed by atoms with Gasteiger partial charge in [-0.05, 0) is 37.4 Å². The van der Waals surface area contributed by atoms with Crippen LogP contribution in [0.4, 0.5) is 5.95 Å². The van der Waals surface area contributed by atoms with Crippen molar-refractivity contribution in [3.63, 3.8) is 0 Å². The normalized spacial score (nSPS) is 17.8. The van der Waals surface area contributed by atoms with Crippen LogP contribution in [-0.4, -0.2) is 52.4 Å². The van der Waals surface area contributed by atoms with E-state index >= 15 is 0 Å². The number of nitrogens with one attached hydrogen (secondary N) is 1. The lowest BCUT2D eigenvalue weighted by atomic mass is 10.1. The molecule has 0 radical (unpaired) electrons. The molecule has 0 bridgehead atoms. The van der Waals surface area contributed by atoms with Gasteiger partial charge in [0.05, 0.1) is 6.10 Å². The second-order valence-electron chi connectivity index (χ2n) is 5.11. The third-order valence-corrected chi connectivity index (χ3v) is 3.42. The minimum absolute atomic E-state index is 0.0920. The van der Waals surface area contributed by atoms with Crippen LogP contribution in [0, 0.1) is 0 Å². The molecule has 0 atom stereocenters. The van der Waals surface area contributed by atoms with Gasteiger partial charge in [0, 0.05) is 26.1 Å². The summed E-state index contributed by atoms with van der Waals surface area (Å²) in [6.07, 6.45) is 4.61. The zero-order valence-electron chi connectivity index (χ0n) is 11.6. The number of likely N-dealkylation sites (tertiary alicyclic amines) is 1. The third kappa shape index (κ3) is 4.80. The molecule has 0 amide bonds. The van der Waals surface area contributed by atoms with Crippen LogP contribution in [0.5, 0.6) is 0 Å². The van der Waals surface area contributed by atoms with E-state index in [9.17, 15) is 5.11 Å². The monoisotopic (exact) mass is 268 g/mol. The fraction of sp³-hybridized carbons (Fsp3) is 0.846. The van der Waals surface area contributed by atoms with E-state index in [-0.39, 0.29) is 6.10 Å². The Bertz CT molecular complexity index is 361. The molecule has 1 aliphatic rings. The van der Waals surface area contributed by atoms with E-state index in [0.29, 0.717) is 11.8 Å². The maximum Gasteiger partial charge on any atom is 0.263 e. The number of aromatic nitrogens is 2. The van der Waals surface area contributed by atoms with Crippen LogP contribution in [-0.2, 0) is 6.42 Å². The Kier molecular flexibility index (Phi) is 5.60. The fourth-order valence-electron chi connectivity index (χ4n) is 2.29. The van der Waals surface area contributed by atoms with Crippen LogP contribution in [0.15, 0.2) is 4.52 Å². The zero-order valence-corrected chi connectivity index (χ0v) is 11.6. The summed E-state index contributed by atoms with van der Waals surface area (Å²) >= 11 is 0. The third-order valence-electron chi connectivity index (χ3n) is 3.42. The van der Waals surface area contributed by atoms with E-state index in [1.807, 2.05) is 0 Å². The second kappa shape index (κ2) is 7.45. The van der Waals surface area contributed by atoms with Crippen LogP contribution in [0.2, 0.25) is 0 Å². The average molecular weight is 268 g/mol. The zero-order chi connectivity index (χ0) is 13.5. The Labute approximate surface area is 114 Å². The van der Waals surface area contributed by atoms with Gasteiger partial charge in [-0.25, -0.2) is 0 Å². The molecule has 1 aromatic rings. The summed E-state index contributed by atoms with van der Waals surface area (Å²) in [5, 5.41) is 16.5. The summed E-state index contributed by atoms with van der Waals surface area (Å²) in [6, 6.07) is 0. The van der Waals surface area contributed by atoms with Crippen molar-refractivity contribution < 1.29 is 9.63 Å². The van der Waals surface area contributed by atoms with E-state index in [1.54, 1.807) is 0 Å². The smallest absolute Gasteiger partial charge is 0.263 e. The van der Waals surface area contributed by atoms with Crippen LogP contribution in [0.3, 0.4) is 0 Å². The average Bonchev–Trinajstić information content (AvgIpc) is 2.85. The summed E-state index contributed by atoms with van der Waals surface area (Å²) in [5.41, 5.74) is 0. The molecule has 19 heavy (non-hydrogen) atoms. The number of hydrogen-bond acceptors (Lipinski definition) is 6. The molecule has 1 aromatic heterocycles. The first kappa shape index (κ1) is 14.3. The molecule has 2 N–H and O–H groups in total. The van der Waals surface area contributed by atoms with Crippen LogP contribution in [0.25, 0.3) is 0 Å². The molecule has 0 aromatic carbocycles. The van der Waals surface area contributed by atoms with Gasteiger partial charge in [-0.2, -0.15) is 4.98 Å². The van der Waals surface area contributed by atoms with Gasteiger partial charge in [0.1, 0.15) is 0 Å². The largest absolute Gasteiger partial charge is 0.393 e. The SMILES string of the molecule is CCCc1nc(NCCCN2CCC(O)CC2)no1. The summed E-state index contributed by atoms with van der Waals surface area (Å²) in [4.78, 5) is 6.65. The standard InChI is InChI=1S/C13H24N4O2/c1-2-4-12-15-13(16-19-12)14-7-3-8-17-9-5-11(18)6-10-17/h11,18H,2-10H2,1H3,(H,14,16). The Balaban J connectivity index is 1.58. The second-order valence-corrected chi connectivity index (χ2v) is 5.11. The van der Waals surface area contributed by atoms with Gasteiger partial charge in [-0.1, -0.05) is 6.92 Å². The molecular formula is C13H24N4O2. The number of aliphatic hydroxyl groups is 1. The topological polar surface area (TPSA) is 74.4 Å². The molecule has 0 aliphatic carbocycles. The molecular weight excluding hydrogens is 244 g/mol. The molecule has 0 saturated carbocycles. The molecule has 6 nitrogen and oxygen atoms in total. The highest BCUT2D eigenvalue weighted by Crippen LogP contribution is 2.10. The van der Waals surface area contributed by atoms with Gasteiger partial charge in [0.2, 0.25) is 5.89 Å². The molecule has 2 heterocycles. The lowest BCUT2D eigenvalue weighted by Gasteiger charge is -2.29. The maximum absolute atomic E-state index is 9.43. The number of anilines is 1. The number of rotatable bonds is 7. The molecule has 0 unspecified atom stereocenters. The van der Waals surface area contributed by atoms with Crippen LogP contribution >= 0.6 is 0 Å². The summed E-state index contributed by atoms with van der Waals surface area (Å²) in [7, 11) is 0. The van der Waals surface area contributed by atoms with Gasteiger partial charge in [0.25, 0.3) is 5.95 Å². The Morgan fingerprint density at radius 3 is 2.95 bits per heavy atom. The highest BCUT2D eigenvalue weighted by atomic mass is 16.5. The maximum atomic E-state index is 9.43. The summed E-state index contributed by atoms with van der Waals surface area (Å²) in [5.74, 6) is 1.30. The van der Waals surface area contributed by atoms with Crippen molar-refractivity contribution in [2.75, 3.05) is 31.5 Å². The lowest BCUT2D eigenvalue weighted by Crippen LogP contribution is -2.36. The van der Waals surface area contributed by atoms with Crippen LogP contribution in [0.1, 0.15) is 38.5 Å². The number of piperidine rings is 1. The minimum Gasteiger partial charge on any atom is -0.393 e. The van der Waals surface area contributed by atoms with Gasteiger partial charge < -0.3 is 19.8 Å². The van der Waals surface area contributed by atoms with Gasteiger partial charge >= 0.3 is 0 Å². The van der Waals surface area contributed by atoms with Gasteiger partial charge in [-0.15, -0.1) is 0 Å². The predicted octanol–water partition coefficient (Wildman–Crippen LogP) is 1.28. The Morgan fingerprint density at radius 1 is 1.42 bits per heavy atom. The number of nitrogens with zero attached hydrogens (tertiary/aromatic N) is 3. The molecule has 1 fully saturated rings. The first-order valence-corrected chi connectivity index (χ1v) is 7.25.